The van der Waals surface area contributed by atoms with E-state index in [1.54, 1.807) is 27.7 Å². The number of rotatable bonds is 28. The summed E-state index contributed by atoms with van der Waals surface area (Å²) in [6.45, 7) is 9.92. The summed E-state index contributed by atoms with van der Waals surface area (Å²) in [6, 6.07) is -1.87. The van der Waals surface area contributed by atoms with Gasteiger partial charge in [0.05, 0.1) is 65.3 Å². The highest BCUT2D eigenvalue weighted by atomic mass is 19.4. The normalized spacial score (nSPS) is 15.5. The molecule has 0 fully saturated rings. The number of ether oxygens (including phenoxy) is 3. The van der Waals surface area contributed by atoms with Gasteiger partial charge in [0.25, 0.3) is 0 Å². The molecular weight excluding hydrogens is 1050 g/mol. The molecule has 0 bridgehead atoms. The van der Waals surface area contributed by atoms with Crippen LogP contribution in [-0.2, 0) is 57.0 Å². The summed E-state index contributed by atoms with van der Waals surface area (Å²) in [6.07, 6.45) is -31.8. The Kier molecular flexibility index (Phi) is 22.8. The van der Waals surface area contributed by atoms with E-state index in [-0.39, 0.29) is 75.4 Å². The smallest absolute Gasteiger partial charge is 0.490 e. The molecule has 3 rings (SSSR count). The number of quaternary nitrogens is 1. The van der Waals surface area contributed by atoms with Crippen LogP contribution in [0.4, 0.5) is 79.0 Å². The van der Waals surface area contributed by atoms with Gasteiger partial charge in [-0.15, -0.1) is 0 Å². The summed E-state index contributed by atoms with van der Waals surface area (Å²) in [5.41, 5.74) is -16.8. The molecule has 0 aromatic heterocycles. The molecule has 75 heavy (non-hydrogen) atoms. The van der Waals surface area contributed by atoms with Crippen molar-refractivity contribution < 1.29 is 112 Å². The van der Waals surface area contributed by atoms with Crippen molar-refractivity contribution in [2.45, 2.75) is 174 Å². The molecule has 0 amide bonds. The Morgan fingerprint density at radius 2 is 0.800 bits per heavy atom. The average Bonchev–Trinajstić information content (AvgIpc) is 3.29. The lowest BCUT2D eigenvalue weighted by atomic mass is 9.85. The third kappa shape index (κ3) is 16.6. The molecule has 3 aromatic carbocycles. The van der Waals surface area contributed by atoms with Gasteiger partial charge in [-0.3, -0.25) is 0 Å². The van der Waals surface area contributed by atoms with Crippen LogP contribution in [0.2, 0.25) is 0 Å². The minimum atomic E-state index is -5.86. The highest BCUT2D eigenvalue weighted by Crippen LogP contribution is 2.55. The lowest BCUT2D eigenvalue weighted by Gasteiger charge is -2.59. The van der Waals surface area contributed by atoms with Gasteiger partial charge in [0, 0.05) is 19.3 Å². The third-order valence-electron chi connectivity index (χ3n) is 12.3. The first-order valence-electron chi connectivity index (χ1n) is 24.3. The Morgan fingerprint density at radius 1 is 0.427 bits per heavy atom. The van der Waals surface area contributed by atoms with Gasteiger partial charge in [-0.1, -0.05) is 66.2 Å². The van der Waals surface area contributed by atoms with Gasteiger partial charge < -0.3 is 28.2 Å². The van der Waals surface area contributed by atoms with Crippen molar-refractivity contribution in [3.8, 4) is 17.2 Å². The zero-order chi connectivity index (χ0) is 57.0. The van der Waals surface area contributed by atoms with E-state index in [2.05, 4.69) is 0 Å². The SMILES string of the molecule is CCCCCCCCCC[N+](C(CC)OCC)(C(CC)OCC)C(CC)(OCC)c1c(OB(Oc2cc(C(F)(F)F)cc(C(F)(F)F)c2)Oc2cc(C(F)(F)F)cc(C(F)(F)F)c2)cc(C(F)(F)F)cc1C(F)(F)F. The molecule has 0 aliphatic heterocycles. The summed E-state index contributed by atoms with van der Waals surface area (Å²) in [5, 5.41) is 0. The Labute approximate surface area is 423 Å². The summed E-state index contributed by atoms with van der Waals surface area (Å²) < 4.78 is 297. The molecule has 0 radical (unpaired) electrons. The van der Waals surface area contributed by atoms with E-state index in [0.29, 0.717) is 12.8 Å². The molecular formula is C49H61BF18NO6+. The lowest BCUT2D eigenvalue weighted by molar-refractivity contribution is -1.08. The van der Waals surface area contributed by atoms with Crippen molar-refractivity contribution in [2.24, 2.45) is 0 Å². The molecule has 426 valence electrons. The van der Waals surface area contributed by atoms with Crippen LogP contribution in [0.3, 0.4) is 0 Å². The maximum atomic E-state index is 16.1. The van der Waals surface area contributed by atoms with Gasteiger partial charge in [0.2, 0.25) is 5.72 Å². The first-order chi connectivity index (χ1) is 34.6. The van der Waals surface area contributed by atoms with E-state index < -0.39 is 148 Å². The number of unbranched alkanes of at least 4 members (excludes halogenated alkanes) is 7. The molecule has 0 saturated heterocycles. The maximum absolute atomic E-state index is 16.1. The Balaban J connectivity index is 2.74. The third-order valence-corrected chi connectivity index (χ3v) is 12.3. The van der Waals surface area contributed by atoms with E-state index in [0.717, 1.165) is 32.1 Å². The first-order valence-corrected chi connectivity index (χ1v) is 24.3. The molecule has 3 atom stereocenters. The first kappa shape index (κ1) is 65.0. The summed E-state index contributed by atoms with van der Waals surface area (Å²) in [5.74, 6) is -4.91. The molecule has 7 nitrogen and oxygen atoms in total. The van der Waals surface area contributed by atoms with Crippen LogP contribution < -0.4 is 14.0 Å². The standard InChI is InChI=1S/C49H61BF18NO6/c1-8-15-16-17-18-19-20-21-22-69(40(9-2)70-12-5,41(10-3)71-13-6)43(11-4,72-14-7)42-38(49(66,67)68)29-35(48(63,64)65)30-39(42)75-50(73-36-25-31(44(51,52)53)23-32(26-36)45(54,55)56)74-37-27-33(46(57,58)59)24-34(28-37)47(60,61)62/h23-30,40-41H,8-22H2,1-7H3/q+1. The van der Waals surface area contributed by atoms with E-state index in [1.165, 1.54) is 13.8 Å². The molecule has 0 aliphatic rings. The number of benzene rings is 3. The number of hydrogen-bond donors (Lipinski definition) is 0. The van der Waals surface area contributed by atoms with Crippen molar-refractivity contribution in [1.29, 1.82) is 0 Å². The number of nitrogens with zero attached hydrogens (tertiary/aromatic N) is 1. The van der Waals surface area contributed by atoms with E-state index >= 15 is 26.3 Å². The second-order valence-corrected chi connectivity index (χ2v) is 17.4. The molecule has 0 heterocycles. The molecule has 0 N–H and O–H groups in total. The quantitative estimate of drug-likeness (QED) is 0.0237. The Bertz CT molecular complexity index is 2090. The lowest BCUT2D eigenvalue weighted by Crippen LogP contribution is -2.74. The van der Waals surface area contributed by atoms with Crippen LogP contribution >= 0.6 is 0 Å². The van der Waals surface area contributed by atoms with Gasteiger partial charge >= 0.3 is 44.4 Å². The van der Waals surface area contributed by atoms with Crippen LogP contribution in [0.25, 0.3) is 0 Å². The van der Waals surface area contributed by atoms with Crippen molar-refractivity contribution in [1.82, 2.24) is 0 Å². The van der Waals surface area contributed by atoms with Crippen LogP contribution in [0, 0.1) is 0 Å². The van der Waals surface area contributed by atoms with Gasteiger partial charge in [0.15, 0.2) is 12.5 Å². The Hall–Kier alpha value is -4.30. The monoisotopic (exact) mass is 1110 g/mol. The Morgan fingerprint density at radius 3 is 1.12 bits per heavy atom. The molecule has 3 aromatic rings. The number of halogens is 18. The van der Waals surface area contributed by atoms with Gasteiger partial charge in [-0.05, 0) is 82.1 Å². The zero-order valence-electron chi connectivity index (χ0n) is 42.2. The van der Waals surface area contributed by atoms with Gasteiger partial charge in [0.1, 0.15) is 17.2 Å². The van der Waals surface area contributed by atoms with Crippen LogP contribution in [-0.4, -0.2) is 50.6 Å². The molecule has 0 spiro atoms. The van der Waals surface area contributed by atoms with E-state index in [9.17, 15) is 52.7 Å². The number of hydrogen-bond acceptors (Lipinski definition) is 6. The second kappa shape index (κ2) is 26.4. The topological polar surface area (TPSA) is 55.4 Å². The van der Waals surface area contributed by atoms with Crippen LogP contribution in [0.1, 0.15) is 158 Å². The van der Waals surface area contributed by atoms with Crippen molar-refractivity contribution in [2.75, 3.05) is 26.4 Å². The van der Waals surface area contributed by atoms with Gasteiger partial charge in [-0.2, -0.15) is 79.0 Å². The van der Waals surface area contributed by atoms with Crippen molar-refractivity contribution in [3.05, 3.63) is 87.5 Å². The number of alkyl halides is 18. The fraction of sp³-hybridized carbons (Fsp3) is 0.633. The average molecular weight is 1110 g/mol. The van der Waals surface area contributed by atoms with E-state index in [1.807, 2.05) is 6.92 Å². The predicted molar refractivity (Wildman–Crippen MR) is 240 cm³/mol. The summed E-state index contributed by atoms with van der Waals surface area (Å²) >= 11 is 0. The fourth-order valence-corrected chi connectivity index (χ4v) is 9.26. The van der Waals surface area contributed by atoms with Crippen LogP contribution in [0.5, 0.6) is 17.2 Å². The highest BCUT2D eigenvalue weighted by Gasteiger charge is 2.64. The molecule has 0 saturated carbocycles. The summed E-state index contributed by atoms with van der Waals surface area (Å²) in [7, 11) is -3.42. The minimum absolute atomic E-state index is 0.0511. The van der Waals surface area contributed by atoms with Crippen molar-refractivity contribution in [3.63, 3.8) is 0 Å². The fourth-order valence-electron chi connectivity index (χ4n) is 9.26. The zero-order valence-corrected chi connectivity index (χ0v) is 42.2. The van der Waals surface area contributed by atoms with Crippen LogP contribution in [0.15, 0.2) is 48.5 Å². The highest BCUT2D eigenvalue weighted by molar-refractivity contribution is 6.39. The van der Waals surface area contributed by atoms with Crippen molar-refractivity contribution >= 4 is 7.32 Å². The van der Waals surface area contributed by atoms with Gasteiger partial charge in [-0.25, -0.2) is 4.48 Å². The molecule has 0 aliphatic carbocycles. The predicted octanol–water partition coefficient (Wildman–Crippen LogP) is 17.4. The van der Waals surface area contributed by atoms with E-state index in [4.69, 9.17) is 28.2 Å². The molecule has 26 heteroatoms. The minimum Gasteiger partial charge on any atom is -0.490 e. The summed E-state index contributed by atoms with van der Waals surface area (Å²) in [4.78, 5) is 0. The second-order valence-electron chi connectivity index (χ2n) is 17.4. The maximum Gasteiger partial charge on any atom is 0.864 e. The molecule has 3 unspecified atom stereocenters. The largest absolute Gasteiger partial charge is 0.864 e.